The molecule has 1 fully saturated rings. The molecule has 0 radical (unpaired) electrons. The summed E-state index contributed by atoms with van der Waals surface area (Å²) < 4.78 is 67.7. The van der Waals surface area contributed by atoms with Gasteiger partial charge in [-0.05, 0) is 55.7 Å². The summed E-state index contributed by atoms with van der Waals surface area (Å²) >= 11 is 5.98. The van der Waals surface area contributed by atoms with E-state index in [9.17, 15) is 21.6 Å². The first-order valence-electron chi connectivity index (χ1n) is 9.26. The number of halogens is 4. The highest BCUT2D eigenvalue weighted by molar-refractivity contribution is 7.89. The predicted octanol–water partition coefficient (Wildman–Crippen LogP) is 4.44. The number of sulfonamides is 1. The summed E-state index contributed by atoms with van der Waals surface area (Å²) in [5.74, 6) is 0. The molecule has 0 amide bonds. The third-order valence-electron chi connectivity index (χ3n) is 5.34. The van der Waals surface area contributed by atoms with E-state index in [-0.39, 0.29) is 29.5 Å². The van der Waals surface area contributed by atoms with Crippen molar-refractivity contribution in [3.8, 4) is 0 Å². The molecule has 1 saturated heterocycles. The fraction of sp³-hybridized carbons (Fsp3) is 0.368. The number of hydrogen-bond donors (Lipinski definition) is 0. The lowest BCUT2D eigenvalue weighted by Gasteiger charge is -2.31. The van der Waals surface area contributed by atoms with Gasteiger partial charge in [0.05, 0.1) is 22.0 Å². The quantitative estimate of drug-likeness (QED) is 0.582. The van der Waals surface area contributed by atoms with E-state index < -0.39 is 21.8 Å². The van der Waals surface area contributed by atoms with Gasteiger partial charge in [-0.25, -0.2) is 13.1 Å². The second kappa shape index (κ2) is 7.51. The Balaban J connectivity index is 1.54. The Morgan fingerprint density at radius 2 is 1.80 bits per heavy atom. The second-order valence-electron chi connectivity index (χ2n) is 7.28. The minimum atomic E-state index is -4.45. The summed E-state index contributed by atoms with van der Waals surface area (Å²) in [5.41, 5.74) is 0.494. The van der Waals surface area contributed by atoms with Crippen molar-refractivity contribution in [1.29, 1.82) is 0 Å². The molecule has 11 heteroatoms. The van der Waals surface area contributed by atoms with Gasteiger partial charge in [-0.1, -0.05) is 22.9 Å². The van der Waals surface area contributed by atoms with E-state index in [0.717, 1.165) is 12.1 Å². The number of fused-ring (bicyclic) bond motifs is 1. The van der Waals surface area contributed by atoms with Crippen LogP contribution in [-0.4, -0.2) is 40.8 Å². The first kappa shape index (κ1) is 21.1. The van der Waals surface area contributed by atoms with Gasteiger partial charge >= 0.3 is 6.18 Å². The Morgan fingerprint density at radius 1 is 1.10 bits per heavy atom. The number of rotatable bonds is 3. The molecule has 2 aromatic carbocycles. The van der Waals surface area contributed by atoms with Crippen LogP contribution < -0.4 is 0 Å². The van der Waals surface area contributed by atoms with Crippen molar-refractivity contribution < 1.29 is 21.6 Å². The SMILES string of the molecule is Cc1ccc(Cl)cc1S(=O)(=O)N1CCC(n2nnc3cc(C(F)(F)F)ccc32)CC1. The number of aryl methyl sites for hydroxylation is 1. The van der Waals surface area contributed by atoms with Crippen molar-refractivity contribution in [3.63, 3.8) is 0 Å². The van der Waals surface area contributed by atoms with E-state index >= 15 is 0 Å². The van der Waals surface area contributed by atoms with Gasteiger partial charge in [-0.2, -0.15) is 17.5 Å². The van der Waals surface area contributed by atoms with Crippen LogP contribution in [0.4, 0.5) is 13.2 Å². The zero-order valence-corrected chi connectivity index (χ0v) is 17.5. The molecule has 160 valence electrons. The summed E-state index contributed by atoms with van der Waals surface area (Å²) in [4.78, 5) is 0.180. The van der Waals surface area contributed by atoms with Crippen LogP contribution >= 0.6 is 11.6 Å². The van der Waals surface area contributed by atoms with E-state index in [2.05, 4.69) is 10.3 Å². The van der Waals surface area contributed by atoms with Gasteiger partial charge < -0.3 is 0 Å². The third-order valence-corrected chi connectivity index (χ3v) is 7.61. The van der Waals surface area contributed by atoms with Crippen LogP contribution in [0, 0.1) is 6.92 Å². The molecule has 0 aliphatic carbocycles. The fourth-order valence-electron chi connectivity index (χ4n) is 3.71. The highest BCUT2D eigenvalue weighted by Gasteiger charge is 2.33. The van der Waals surface area contributed by atoms with Crippen molar-refractivity contribution in [2.45, 2.75) is 36.9 Å². The van der Waals surface area contributed by atoms with Gasteiger partial charge in [0.2, 0.25) is 10.0 Å². The number of benzene rings is 2. The molecule has 6 nitrogen and oxygen atoms in total. The Bertz CT molecular complexity index is 1200. The van der Waals surface area contributed by atoms with Crippen LogP contribution in [-0.2, 0) is 16.2 Å². The van der Waals surface area contributed by atoms with Crippen molar-refractivity contribution in [1.82, 2.24) is 19.3 Å². The monoisotopic (exact) mass is 458 g/mol. The highest BCUT2D eigenvalue weighted by Crippen LogP contribution is 2.33. The maximum atomic E-state index is 13.0. The average Bonchev–Trinajstić information content (AvgIpc) is 3.12. The molecule has 1 aromatic heterocycles. The molecule has 30 heavy (non-hydrogen) atoms. The standard InChI is InChI=1S/C19H18ClF3N4O2S/c1-12-2-4-14(20)11-18(12)30(28,29)26-8-6-15(7-9-26)27-17-5-3-13(19(21,22)23)10-16(17)24-25-27/h2-5,10-11,15H,6-9H2,1H3. The maximum absolute atomic E-state index is 13.0. The van der Waals surface area contributed by atoms with Crippen molar-refractivity contribution in [2.75, 3.05) is 13.1 Å². The maximum Gasteiger partial charge on any atom is 0.416 e. The van der Waals surface area contributed by atoms with E-state index in [4.69, 9.17) is 11.6 Å². The van der Waals surface area contributed by atoms with Gasteiger partial charge in [0.1, 0.15) is 5.52 Å². The number of aromatic nitrogens is 3. The summed E-state index contributed by atoms with van der Waals surface area (Å²) in [6.07, 6.45) is -3.51. The first-order chi connectivity index (χ1) is 14.1. The van der Waals surface area contributed by atoms with Crippen molar-refractivity contribution in [2.24, 2.45) is 0 Å². The van der Waals surface area contributed by atoms with Crippen LogP contribution in [0.3, 0.4) is 0 Å². The molecule has 0 spiro atoms. The van der Waals surface area contributed by atoms with E-state index in [1.807, 2.05) is 0 Å². The number of nitrogens with zero attached hydrogens (tertiary/aromatic N) is 4. The van der Waals surface area contributed by atoms with Crippen molar-refractivity contribution in [3.05, 3.63) is 52.5 Å². The minimum absolute atomic E-state index is 0.154. The lowest BCUT2D eigenvalue weighted by Crippen LogP contribution is -2.39. The summed E-state index contributed by atoms with van der Waals surface area (Å²) in [5, 5.41) is 8.25. The zero-order chi connectivity index (χ0) is 21.7. The molecule has 1 aliphatic heterocycles. The largest absolute Gasteiger partial charge is 0.416 e. The molecule has 1 aliphatic rings. The number of piperidine rings is 1. The van der Waals surface area contributed by atoms with E-state index in [1.54, 1.807) is 23.7 Å². The highest BCUT2D eigenvalue weighted by atomic mass is 35.5. The molecule has 0 N–H and O–H groups in total. The average molecular weight is 459 g/mol. The molecule has 0 unspecified atom stereocenters. The molecule has 0 saturated carbocycles. The zero-order valence-electron chi connectivity index (χ0n) is 15.9. The lowest BCUT2D eigenvalue weighted by atomic mass is 10.1. The van der Waals surface area contributed by atoms with Gasteiger partial charge in [0.25, 0.3) is 0 Å². The molecule has 4 rings (SSSR count). The number of alkyl halides is 3. The fourth-order valence-corrected chi connectivity index (χ4v) is 5.66. The molecular weight excluding hydrogens is 441 g/mol. The topological polar surface area (TPSA) is 68.1 Å². The second-order valence-corrected chi connectivity index (χ2v) is 9.62. The van der Waals surface area contributed by atoms with E-state index in [0.29, 0.717) is 28.9 Å². The predicted molar refractivity (Wildman–Crippen MR) is 106 cm³/mol. The molecule has 0 atom stereocenters. The Morgan fingerprint density at radius 3 is 2.47 bits per heavy atom. The van der Waals surface area contributed by atoms with Gasteiger partial charge in [0, 0.05) is 18.1 Å². The van der Waals surface area contributed by atoms with Crippen LogP contribution in [0.2, 0.25) is 5.02 Å². The minimum Gasteiger partial charge on any atom is -0.242 e. The smallest absolute Gasteiger partial charge is 0.242 e. The van der Waals surface area contributed by atoms with Crippen LogP contribution in [0.5, 0.6) is 0 Å². The van der Waals surface area contributed by atoms with Gasteiger partial charge in [-0.3, -0.25) is 0 Å². The normalized spacial score (nSPS) is 17.0. The molecule has 0 bridgehead atoms. The lowest BCUT2D eigenvalue weighted by molar-refractivity contribution is -0.137. The van der Waals surface area contributed by atoms with Crippen LogP contribution in [0.25, 0.3) is 11.0 Å². The van der Waals surface area contributed by atoms with Gasteiger partial charge in [-0.15, -0.1) is 5.10 Å². The van der Waals surface area contributed by atoms with Crippen LogP contribution in [0.1, 0.15) is 30.0 Å². The molecule has 2 heterocycles. The molecular formula is C19H18ClF3N4O2S. The summed E-state index contributed by atoms with van der Waals surface area (Å²) in [6.45, 7) is 2.24. The third kappa shape index (κ3) is 3.79. The summed E-state index contributed by atoms with van der Waals surface area (Å²) in [7, 11) is -3.69. The first-order valence-corrected chi connectivity index (χ1v) is 11.1. The molecule has 3 aromatic rings. The van der Waals surface area contributed by atoms with E-state index in [1.165, 1.54) is 16.4 Å². The van der Waals surface area contributed by atoms with Gasteiger partial charge in [0.15, 0.2) is 0 Å². The Kier molecular flexibility index (Phi) is 5.27. The van der Waals surface area contributed by atoms with Crippen molar-refractivity contribution >= 4 is 32.7 Å². The Labute approximate surface area is 176 Å². The Hall–Kier alpha value is -2.17. The summed E-state index contributed by atoms with van der Waals surface area (Å²) in [6, 6.07) is 7.93. The number of hydrogen-bond acceptors (Lipinski definition) is 4. The van der Waals surface area contributed by atoms with Crippen LogP contribution in [0.15, 0.2) is 41.3 Å².